The highest BCUT2D eigenvalue weighted by atomic mass is 32.1. The van der Waals surface area contributed by atoms with Crippen LogP contribution in [0, 0.1) is 5.92 Å². The van der Waals surface area contributed by atoms with E-state index < -0.39 is 0 Å². The first-order valence-corrected chi connectivity index (χ1v) is 8.71. The standard InChI is InChI=1S/C18H25NO2S/c1-13(20)14-8-5-9-16(11-10-14)19-17(12-22)18(21)15-6-3-2-4-7-15/h2-4,6-7,14,16-17,19,22H,5,8-12H2,1H3/t14?,16?,17-/m0/s1. The van der Waals surface area contributed by atoms with Crippen LogP contribution in [0.1, 0.15) is 49.4 Å². The summed E-state index contributed by atoms with van der Waals surface area (Å²) in [6.45, 7) is 1.69. The first-order valence-electron chi connectivity index (χ1n) is 8.08. The molecule has 1 aromatic carbocycles. The number of carbonyl (C=O) groups excluding carboxylic acids is 2. The summed E-state index contributed by atoms with van der Waals surface area (Å²) < 4.78 is 0. The van der Waals surface area contributed by atoms with E-state index in [0.717, 1.165) is 37.7 Å². The lowest BCUT2D eigenvalue weighted by molar-refractivity contribution is -0.121. The van der Waals surface area contributed by atoms with Crippen molar-refractivity contribution < 1.29 is 9.59 Å². The Hall–Kier alpha value is -1.13. The summed E-state index contributed by atoms with van der Waals surface area (Å²) in [5, 5.41) is 3.47. The zero-order valence-electron chi connectivity index (χ0n) is 13.1. The van der Waals surface area contributed by atoms with Gasteiger partial charge in [0.15, 0.2) is 5.78 Å². The number of thiol groups is 1. The molecule has 3 nitrogen and oxygen atoms in total. The molecule has 1 N–H and O–H groups in total. The maximum absolute atomic E-state index is 12.5. The Bertz CT molecular complexity index is 503. The van der Waals surface area contributed by atoms with E-state index in [0.29, 0.717) is 17.6 Å². The van der Waals surface area contributed by atoms with Crippen LogP contribution in [-0.2, 0) is 4.79 Å². The quantitative estimate of drug-likeness (QED) is 0.480. The number of benzene rings is 1. The van der Waals surface area contributed by atoms with Crippen molar-refractivity contribution in [3.8, 4) is 0 Å². The van der Waals surface area contributed by atoms with E-state index in [-0.39, 0.29) is 17.7 Å². The summed E-state index contributed by atoms with van der Waals surface area (Å²) in [7, 11) is 0. The molecule has 22 heavy (non-hydrogen) atoms. The minimum Gasteiger partial charge on any atom is -0.304 e. The SMILES string of the molecule is CC(=O)C1CCCC(N[C@@H](CS)C(=O)c2ccccc2)CC1. The third-order valence-corrected chi connectivity index (χ3v) is 4.90. The van der Waals surface area contributed by atoms with Gasteiger partial charge in [0.25, 0.3) is 0 Å². The molecule has 120 valence electrons. The highest BCUT2D eigenvalue weighted by molar-refractivity contribution is 7.80. The topological polar surface area (TPSA) is 46.2 Å². The molecule has 2 rings (SSSR count). The maximum Gasteiger partial charge on any atom is 0.180 e. The molecule has 3 atom stereocenters. The lowest BCUT2D eigenvalue weighted by atomic mass is 9.96. The average molecular weight is 319 g/mol. The summed E-state index contributed by atoms with van der Waals surface area (Å²) in [5.41, 5.74) is 0.726. The van der Waals surface area contributed by atoms with Crippen molar-refractivity contribution >= 4 is 24.2 Å². The van der Waals surface area contributed by atoms with E-state index in [2.05, 4.69) is 17.9 Å². The Morgan fingerprint density at radius 3 is 2.55 bits per heavy atom. The Kier molecular flexibility index (Phi) is 6.65. The van der Waals surface area contributed by atoms with Crippen LogP contribution in [0.25, 0.3) is 0 Å². The largest absolute Gasteiger partial charge is 0.304 e. The molecule has 0 aromatic heterocycles. The number of ketones is 2. The van der Waals surface area contributed by atoms with Gasteiger partial charge in [-0.25, -0.2) is 0 Å². The van der Waals surface area contributed by atoms with Gasteiger partial charge >= 0.3 is 0 Å². The van der Waals surface area contributed by atoms with E-state index in [1.54, 1.807) is 6.92 Å². The second-order valence-electron chi connectivity index (χ2n) is 6.14. The fourth-order valence-electron chi connectivity index (χ4n) is 3.17. The van der Waals surface area contributed by atoms with Crippen molar-refractivity contribution in [2.75, 3.05) is 5.75 Å². The third-order valence-electron chi connectivity index (χ3n) is 4.54. The van der Waals surface area contributed by atoms with Gasteiger partial charge < -0.3 is 5.32 Å². The van der Waals surface area contributed by atoms with Gasteiger partial charge in [0, 0.05) is 23.3 Å². The number of carbonyl (C=O) groups is 2. The first-order chi connectivity index (χ1) is 10.6. The van der Waals surface area contributed by atoms with Crippen LogP contribution in [0.4, 0.5) is 0 Å². The van der Waals surface area contributed by atoms with Crippen LogP contribution in [0.2, 0.25) is 0 Å². The smallest absolute Gasteiger partial charge is 0.180 e. The Balaban J connectivity index is 1.95. The molecule has 0 radical (unpaired) electrons. The molecule has 0 bridgehead atoms. The van der Waals surface area contributed by atoms with Crippen molar-refractivity contribution in [3.05, 3.63) is 35.9 Å². The van der Waals surface area contributed by atoms with Crippen LogP contribution in [0.5, 0.6) is 0 Å². The van der Waals surface area contributed by atoms with E-state index in [9.17, 15) is 9.59 Å². The number of Topliss-reactive ketones (excluding diaryl/α,β-unsaturated/α-hetero) is 2. The molecule has 1 aliphatic rings. The molecule has 1 saturated carbocycles. The number of hydrogen-bond acceptors (Lipinski definition) is 4. The van der Waals surface area contributed by atoms with Gasteiger partial charge in [-0.3, -0.25) is 9.59 Å². The van der Waals surface area contributed by atoms with Crippen molar-refractivity contribution in [1.82, 2.24) is 5.32 Å². The average Bonchev–Trinajstić information content (AvgIpc) is 2.78. The molecule has 0 heterocycles. The van der Waals surface area contributed by atoms with E-state index in [4.69, 9.17) is 0 Å². The monoisotopic (exact) mass is 319 g/mol. The third kappa shape index (κ3) is 4.68. The van der Waals surface area contributed by atoms with Gasteiger partial charge in [-0.05, 0) is 32.6 Å². The van der Waals surface area contributed by atoms with Crippen molar-refractivity contribution in [2.45, 2.75) is 51.1 Å². The van der Waals surface area contributed by atoms with E-state index in [1.807, 2.05) is 30.3 Å². The minimum absolute atomic E-state index is 0.1000. The Morgan fingerprint density at radius 1 is 1.18 bits per heavy atom. The predicted octanol–water partition coefficient (Wildman–Crippen LogP) is 3.30. The van der Waals surface area contributed by atoms with Crippen LogP contribution in [0.15, 0.2) is 30.3 Å². The zero-order chi connectivity index (χ0) is 15.9. The minimum atomic E-state index is -0.260. The van der Waals surface area contributed by atoms with Gasteiger partial charge in [0.05, 0.1) is 6.04 Å². The van der Waals surface area contributed by atoms with Crippen molar-refractivity contribution in [2.24, 2.45) is 5.92 Å². The summed E-state index contributed by atoms with van der Waals surface area (Å²) >= 11 is 4.34. The maximum atomic E-state index is 12.5. The lowest BCUT2D eigenvalue weighted by Crippen LogP contribution is -2.44. The van der Waals surface area contributed by atoms with E-state index >= 15 is 0 Å². The summed E-state index contributed by atoms with van der Waals surface area (Å²) in [6.07, 6.45) is 4.92. The van der Waals surface area contributed by atoms with Gasteiger partial charge in [-0.1, -0.05) is 36.8 Å². The Labute approximate surface area is 138 Å². The second kappa shape index (κ2) is 8.49. The van der Waals surface area contributed by atoms with Crippen LogP contribution < -0.4 is 5.32 Å². The highest BCUT2D eigenvalue weighted by Crippen LogP contribution is 2.24. The molecule has 1 fully saturated rings. The first kappa shape index (κ1) is 17.2. The molecular weight excluding hydrogens is 294 g/mol. The van der Waals surface area contributed by atoms with Crippen LogP contribution in [-0.4, -0.2) is 29.4 Å². The second-order valence-corrected chi connectivity index (χ2v) is 6.51. The fraction of sp³-hybridized carbons (Fsp3) is 0.556. The molecule has 4 heteroatoms. The van der Waals surface area contributed by atoms with Crippen LogP contribution in [0.3, 0.4) is 0 Å². The summed E-state index contributed by atoms with van der Waals surface area (Å²) in [6, 6.07) is 9.41. The van der Waals surface area contributed by atoms with E-state index in [1.165, 1.54) is 0 Å². The zero-order valence-corrected chi connectivity index (χ0v) is 14.0. The number of rotatable bonds is 6. The van der Waals surface area contributed by atoms with Gasteiger partial charge in [0.2, 0.25) is 0 Å². The van der Waals surface area contributed by atoms with Crippen molar-refractivity contribution in [1.29, 1.82) is 0 Å². The van der Waals surface area contributed by atoms with Gasteiger partial charge in [-0.2, -0.15) is 12.6 Å². The molecule has 0 spiro atoms. The molecule has 1 aromatic rings. The highest BCUT2D eigenvalue weighted by Gasteiger charge is 2.25. The van der Waals surface area contributed by atoms with Crippen molar-refractivity contribution in [3.63, 3.8) is 0 Å². The number of hydrogen-bond donors (Lipinski definition) is 2. The van der Waals surface area contributed by atoms with Gasteiger partial charge in [-0.15, -0.1) is 0 Å². The summed E-state index contributed by atoms with van der Waals surface area (Å²) in [4.78, 5) is 24.1. The molecular formula is C18H25NO2S. The molecule has 0 aliphatic heterocycles. The predicted molar refractivity (Wildman–Crippen MR) is 92.6 cm³/mol. The van der Waals surface area contributed by atoms with Gasteiger partial charge in [0.1, 0.15) is 5.78 Å². The normalized spacial score (nSPS) is 23.5. The van der Waals surface area contributed by atoms with Crippen LogP contribution >= 0.6 is 12.6 Å². The molecule has 0 saturated heterocycles. The number of nitrogens with one attached hydrogen (secondary N) is 1. The molecule has 2 unspecified atom stereocenters. The Morgan fingerprint density at radius 2 is 1.91 bits per heavy atom. The lowest BCUT2D eigenvalue weighted by Gasteiger charge is -2.23. The summed E-state index contributed by atoms with van der Waals surface area (Å²) in [5.74, 6) is 1.08. The molecule has 0 amide bonds. The fourth-order valence-corrected chi connectivity index (χ4v) is 3.45. The molecule has 1 aliphatic carbocycles.